The van der Waals surface area contributed by atoms with Gasteiger partial charge in [-0.2, -0.15) is 0 Å². The molecule has 1 N–H and O–H groups in total. The lowest BCUT2D eigenvalue weighted by molar-refractivity contribution is 0.206. The van der Waals surface area contributed by atoms with Gasteiger partial charge in [0.05, 0.1) is 5.69 Å². The molecule has 0 unspecified atom stereocenters. The molecule has 0 radical (unpaired) electrons. The summed E-state index contributed by atoms with van der Waals surface area (Å²) in [5.41, 5.74) is 4.33. The number of aryl methyl sites for hydroxylation is 1. The minimum Gasteiger partial charge on any atom is -0.381 e. The van der Waals surface area contributed by atoms with Gasteiger partial charge in [0.1, 0.15) is 11.5 Å². The van der Waals surface area contributed by atoms with E-state index in [4.69, 9.17) is 4.98 Å². The molecule has 0 saturated carbocycles. The van der Waals surface area contributed by atoms with Gasteiger partial charge < -0.3 is 9.72 Å². The molecular formula is C20H23FN4. The van der Waals surface area contributed by atoms with Crippen molar-refractivity contribution in [1.29, 1.82) is 0 Å². The Morgan fingerprint density at radius 3 is 2.88 bits per heavy atom. The molecule has 2 aromatic heterocycles. The molecular weight excluding hydrogens is 315 g/mol. The molecule has 5 heteroatoms. The van der Waals surface area contributed by atoms with E-state index in [1.807, 2.05) is 6.20 Å². The number of halogens is 1. The third-order valence-electron chi connectivity index (χ3n) is 4.83. The molecule has 1 fully saturated rings. The molecule has 3 aromatic rings. The summed E-state index contributed by atoms with van der Waals surface area (Å²) in [6.45, 7) is 5.02. The van der Waals surface area contributed by atoms with Gasteiger partial charge in [0, 0.05) is 37.2 Å². The number of anilines is 1. The number of piperidine rings is 1. The number of aromatic nitrogens is 2. The second kappa shape index (κ2) is 6.84. The molecule has 0 spiro atoms. The Bertz CT molecular complexity index is 856. The van der Waals surface area contributed by atoms with Gasteiger partial charge in [-0.05, 0) is 62.2 Å². The normalized spacial score (nSPS) is 18.6. The smallest absolute Gasteiger partial charge is 0.139 e. The first-order chi connectivity index (χ1) is 12.2. The van der Waals surface area contributed by atoms with E-state index in [1.165, 1.54) is 17.7 Å². The second-order valence-electron chi connectivity index (χ2n) is 6.88. The molecule has 1 saturated heterocycles. The van der Waals surface area contributed by atoms with Crippen LogP contribution in [0.15, 0.2) is 48.8 Å². The maximum absolute atomic E-state index is 13.0. The van der Waals surface area contributed by atoms with Crippen LogP contribution in [0.1, 0.15) is 24.1 Å². The zero-order valence-corrected chi connectivity index (χ0v) is 14.5. The molecule has 4 rings (SSSR count). The Hall–Kier alpha value is -2.40. The molecule has 0 aliphatic carbocycles. The Balaban J connectivity index is 1.42. The SMILES string of the molecule is Cc1cccn2cc(CN3CCC[C@H](Nc4ccc(F)cc4)C3)nc12. The van der Waals surface area contributed by atoms with Crippen molar-refractivity contribution in [3.05, 3.63) is 65.9 Å². The first-order valence-electron chi connectivity index (χ1n) is 8.85. The molecule has 25 heavy (non-hydrogen) atoms. The lowest BCUT2D eigenvalue weighted by atomic mass is 10.1. The number of nitrogens with one attached hydrogen (secondary N) is 1. The number of nitrogens with zero attached hydrogens (tertiary/aromatic N) is 3. The topological polar surface area (TPSA) is 32.6 Å². The van der Waals surface area contributed by atoms with Crippen molar-refractivity contribution in [3.63, 3.8) is 0 Å². The number of likely N-dealkylation sites (tertiary alicyclic amines) is 1. The maximum Gasteiger partial charge on any atom is 0.139 e. The van der Waals surface area contributed by atoms with Gasteiger partial charge >= 0.3 is 0 Å². The van der Waals surface area contributed by atoms with Crippen molar-refractivity contribution >= 4 is 11.3 Å². The van der Waals surface area contributed by atoms with Crippen LogP contribution in [-0.4, -0.2) is 33.4 Å². The van der Waals surface area contributed by atoms with Gasteiger partial charge in [-0.1, -0.05) is 6.07 Å². The largest absolute Gasteiger partial charge is 0.381 e. The van der Waals surface area contributed by atoms with Crippen LogP contribution in [0, 0.1) is 12.7 Å². The predicted molar refractivity (Wildman–Crippen MR) is 98.3 cm³/mol. The fraction of sp³-hybridized carbons (Fsp3) is 0.350. The Kier molecular flexibility index (Phi) is 4.40. The van der Waals surface area contributed by atoms with Crippen molar-refractivity contribution in [2.24, 2.45) is 0 Å². The maximum atomic E-state index is 13.0. The lowest BCUT2D eigenvalue weighted by Gasteiger charge is -2.33. The first kappa shape index (κ1) is 16.1. The zero-order valence-electron chi connectivity index (χ0n) is 14.5. The van der Waals surface area contributed by atoms with E-state index < -0.39 is 0 Å². The highest BCUT2D eigenvalue weighted by Crippen LogP contribution is 2.19. The molecule has 4 nitrogen and oxygen atoms in total. The third kappa shape index (κ3) is 3.66. The number of pyridine rings is 1. The average molecular weight is 338 g/mol. The molecule has 3 heterocycles. The zero-order chi connectivity index (χ0) is 17.2. The van der Waals surface area contributed by atoms with Crippen LogP contribution in [0.3, 0.4) is 0 Å². The van der Waals surface area contributed by atoms with E-state index in [0.29, 0.717) is 6.04 Å². The van der Waals surface area contributed by atoms with Gasteiger partial charge in [-0.25, -0.2) is 9.37 Å². The molecule has 0 amide bonds. The molecule has 1 aliphatic rings. The fourth-order valence-electron chi connectivity index (χ4n) is 3.61. The monoisotopic (exact) mass is 338 g/mol. The van der Waals surface area contributed by atoms with E-state index in [0.717, 1.165) is 49.5 Å². The summed E-state index contributed by atoms with van der Waals surface area (Å²) in [6, 6.07) is 11.1. The summed E-state index contributed by atoms with van der Waals surface area (Å²) in [4.78, 5) is 7.23. The highest BCUT2D eigenvalue weighted by Gasteiger charge is 2.20. The second-order valence-corrected chi connectivity index (χ2v) is 6.88. The summed E-state index contributed by atoms with van der Waals surface area (Å²) >= 11 is 0. The lowest BCUT2D eigenvalue weighted by Crippen LogP contribution is -2.41. The van der Waals surface area contributed by atoms with Crippen LogP contribution in [0.2, 0.25) is 0 Å². The number of hydrogen-bond donors (Lipinski definition) is 1. The van der Waals surface area contributed by atoms with Crippen LogP contribution < -0.4 is 5.32 Å². The standard InChI is InChI=1S/C20H23FN4/c1-15-4-2-11-25-14-19(23-20(15)25)13-24-10-3-5-18(12-24)22-17-8-6-16(21)7-9-17/h2,4,6-9,11,14,18,22H,3,5,10,12-13H2,1H3/t18-/m0/s1. The number of fused-ring (bicyclic) bond motifs is 1. The molecule has 1 aliphatic heterocycles. The highest BCUT2D eigenvalue weighted by atomic mass is 19.1. The molecule has 130 valence electrons. The summed E-state index contributed by atoms with van der Waals surface area (Å²) in [6.07, 6.45) is 6.47. The quantitative estimate of drug-likeness (QED) is 0.784. The third-order valence-corrected chi connectivity index (χ3v) is 4.83. The number of hydrogen-bond acceptors (Lipinski definition) is 3. The van der Waals surface area contributed by atoms with Gasteiger partial charge in [-0.15, -0.1) is 0 Å². The van der Waals surface area contributed by atoms with E-state index in [2.05, 4.69) is 39.9 Å². The highest BCUT2D eigenvalue weighted by molar-refractivity contribution is 5.48. The number of benzene rings is 1. The fourth-order valence-corrected chi connectivity index (χ4v) is 3.61. The minimum atomic E-state index is -0.196. The number of rotatable bonds is 4. The van der Waals surface area contributed by atoms with Crippen molar-refractivity contribution in [2.75, 3.05) is 18.4 Å². The molecule has 1 aromatic carbocycles. The van der Waals surface area contributed by atoms with Gasteiger partial charge in [-0.3, -0.25) is 4.90 Å². The van der Waals surface area contributed by atoms with Crippen molar-refractivity contribution in [1.82, 2.24) is 14.3 Å². The van der Waals surface area contributed by atoms with E-state index in [-0.39, 0.29) is 5.82 Å². The average Bonchev–Trinajstić information content (AvgIpc) is 3.01. The Morgan fingerprint density at radius 2 is 2.08 bits per heavy atom. The summed E-state index contributed by atoms with van der Waals surface area (Å²) in [5, 5.41) is 3.53. The van der Waals surface area contributed by atoms with Crippen molar-refractivity contribution in [3.8, 4) is 0 Å². The molecule has 0 bridgehead atoms. The summed E-state index contributed by atoms with van der Waals surface area (Å²) in [7, 11) is 0. The van der Waals surface area contributed by atoms with Crippen molar-refractivity contribution < 1.29 is 4.39 Å². The van der Waals surface area contributed by atoms with Gasteiger partial charge in [0.2, 0.25) is 0 Å². The van der Waals surface area contributed by atoms with Crippen LogP contribution >= 0.6 is 0 Å². The molecule has 1 atom stereocenters. The van der Waals surface area contributed by atoms with E-state index in [1.54, 1.807) is 12.1 Å². The van der Waals surface area contributed by atoms with E-state index >= 15 is 0 Å². The van der Waals surface area contributed by atoms with Gasteiger partial charge in [0.25, 0.3) is 0 Å². The predicted octanol–water partition coefficient (Wildman–Crippen LogP) is 3.86. The van der Waals surface area contributed by atoms with Crippen LogP contribution in [0.25, 0.3) is 5.65 Å². The van der Waals surface area contributed by atoms with Crippen molar-refractivity contribution in [2.45, 2.75) is 32.4 Å². The minimum absolute atomic E-state index is 0.196. The number of imidazole rings is 1. The van der Waals surface area contributed by atoms with E-state index in [9.17, 15) is 4.39 Å². The van der Waals surface area contributed by atoms with Crippen LogP contribution in [0.4, 0.5) is 10.1 Å². The van der Waals surface area contributed by atoms with Gasteiger partial charge in [0.15, 0.2) is 0 Å². The Labute approximate surface area is 147 Å². The van der Waals surface area contributed by atoms with Crippen LogP contribution in [0.5, 0.6) is 0 Å². The Morgan fingerprint density at radius 1 is 1.24 bits per heavy atom. The first-order valence-corrected chi connectivity index (χ1v) is 8.85. The van der Waals surface area contributed by atoms with Crippen LogP contribution in [-0.2, 0) is 6.54 Å². The summed E-state index contributed by atoms with van der Waals surface area (Å²) in [5.74, 6) is -0.196. The summed E-state index contributed by atoms with van der Waals surface area (Å²) < 4.78 is 15.1.